The molecule has 11 heteroatoms. The summed E-state index contributed by atoms with van der Waals surface area (Å²) in [6, 6.07) is 13.0. The highest BCUT2D eigenvalue weighted by molar-refractivity contribution is 6.34. The Morgan fingerprint density at radius 2 is 1.81 bits per heavy atom. The second kappa shape index (κ2) is 9.88. The summed E-state index contributed by atoms with van der Waals surface area (Å²) >= 11 is 11.9. The number of rotatable bonds is 6. The highest BCUT2D eigenvalue weighted by Crippen LogP contribution is 2.32. The maximum Gasteiger partial charge on any atom is 0.491 e. The monoisotopic (exact) mass is 484 g/mol. The molecule has 166 valence electrons. The van der Waals surface area contributed by atoms with Gasteiger partial charge in [-0.1, -0.05) is 41.4 Å². The molecule has 1 amide bonds. The molecule has 0 aliphatic heterocycles. The minimum atomic E-state index is -5.28. The molecule has 0 spiro atoms. The van der Waals surface area contributed by atoms with Gasteiger partial charge in [0.1, 0.15) is 18.2 Å². The Morgan fingerprint density at radius 3 is 2.50 bits per heavy atom. The fraction of sp³-hybridized carbons (Fsp3) is 0.0952. The molecule has 0 unspecified atom stereocenters. The number of amides is 1. The number of anilines is 1. The second-order valence-electron chi connectivity index (χ2n) is 6.21. The number of carbonyl (C=O) groups is 2. The SMILES string of the molecule is O=C(Nc1ccccn1)c1cccc(COc2cc(Cl)ccc2Cl)c1OC(=O)C(F)(F)F. The summed E-state index contributed by atoms with van der Waals surface area (Å²) in [7, 11) is 0. The first kappa shape index (κ1) is 23.4. The van der Waals surface area contributed by atoms with Crippen LogP contribution in [0.5, 0.6) is 11.5 Å². The Kier molecular flexibility index (Phi) is 7.22. The number of carbonyl (C=O) groups excluding carboxylic acids is 2. The molecule has 0 atom stereocenters. The summed E-state index contributed by atoms with van der Waals surface area (Å²) in [5.41, 5.74) is -0.334. The van der Waals surface area contributed by atoms with Crippen molar-refractivity contribution in [2.45, 2.75) is 12.8 Å². The number of hydrogen-bond acceptors (Lipinski definition) is 5. The van der Waals surface area contributed by atoms with Crippen LogP contribution >= 0.6 is 23.2 Å². The summed E-state index contributed by atoms with van der Waals surface area (Å²) in [4.78, 5) is 28.1. The molecule has 1 heterocycles. The molecular formula is C21H13Cl2F3N2O4. The number of para-hydroxylation sites is 1. The zero-order valence-corrected chi connectivity index (χ0v) is 17.5. The summed E-state index contributed by atoms with van der Waals surface area (Å²) < 4.78 is 48.6. The Morgan fingerprint density at radius 1 is 1.03 bits per heavy atom. The maximum atomic E-state index is 12.8. The van der Waals surface area contributed by atoms with E-state index in [0.29, 0.717) is 5.02 Å². The predicted molar refractivity (Wildman–Crippen MR) is 111 cm³/mol. The van der Waals surface area contributed by atoms with Crippen molar-refractivity contribution >= 4 is 40.9 Å². The van der Waals surface area contributed by atoms with Crippen LogP contribution in [0.25, 0.3) is 0 Å². The molecule has 0 aliphatic rings. The van der Waals surface area contributed by atoms with E-state index in [4.69, 9.17) is 27.9 Å². The van der Waals surface area contributed by atoms with Gasteiger partial charge in [0, 0.05) is 22.8 Å². The van der Waals surface area contributed by atoms with Crippen LogP contribution in [0.3, 0.4) is 0 Å². The minimum Gasteiger partial charge on any atom is -0.487 e. The van der Waals surface area contributed by atoms with Gasteiger partial charge in [-0.25, -0.2) is 9.78 Å². The average Bonchev–Trinajstić information content (AvgIpc) is 2.75. The van der Waals surface area contributed by atoms with E-state index in [-0.39, 0.29) is 34.3 Å². The number of hydrogen-bond donors (Lipinski definition) is 1. The summed E-state index contributed by atoms with van der Waals surface area (Å²) in [6.45, 7) is -0.370. The largest absolute Gasteiger partial charge is 0.491 e. The first-order valence-electron chi connectivity index (χ1n) is 8.86. The van der Waals surface area contributed by atoms with Crippen molar-refractivity contribution in [2.75, 3.05) is 5.32 Å². The number of nitrogens with one attached hydrogen (secondary N) is 1. The summed E-state index contributed by atoms with van der Waals surface area (Å²) in [5, 5.41) is 2.94. The highest BCUT2D eigenvalue weighted by atomic mass is 35.5. The van der Waals surface area contributed by atoms with E-state index in [0.717, 1.165) is 0 Å². The minimum absolute atomic E-state index is 0.00712. The average molecular weight is 485 g/mol. The van der Waals surface area contributed by atoms with Crippen LogP contribution in [0.2, 0.25) is 10.0 Å². The van der Waals surface area contributed by atoms with Gasteiger partial charge in [0.2, 0.25) is 0 Å². The van der Waals surface area contributed by atoms with E-state index >= 15 is 0 Å². The lowest BCUT2D eigenvalue weighted by Gasteiger charge is -2.16. The molecule has 0 bridgehead atoms. The summed E-state index contributed by atoms with van der Waals surface area (Å²) in [5.74, 6) is -3.64. The van der Waals surface area contributed by atoms with Gasteiger partial charge >= 0.3 is 12.1 Å². The smallest absolute Gasteiger partial charge is 0.487 e. The lowest BCUT2D eigenvalue weighted by molar-refractivity contribution is -0.189. The van der Waals surface area contributed by atoms with Crippen molar-refractivity contribution in [3.8, 4) is 11.5 Å². The lowest BCUT2D eigenvalue weighted by Crippen LogP contribution is -2.29. The molecule has 3 rings (SSSR count). The number of alkyl halides is 3. The third-order valence-electron chi connectivity index (χ3n) is 3.95. The molecule has 2 aromatic carbocycles. The molecule has 3 aromatic rings. The molecular weight excluding hydrogens is 472 g/mol. The first-order chi connectivity index (χ1) is 15.1. The van der Waals surface area contributed by atoms with Gasteiger partial charge in [0.25, 0.3) is 5.91 Å². The molecule has 0 saturated carbocycles. The molecule has 6 nitrogen and oxygen atoms in total. The fourth-order valence-electron chi connectivity index (χ4n) is 2.51. The van der Waals surface area contributed by atoms with E-state index in [1.807, 2.05) is 0 Å². The Hall–Kier alpha value is -3.30. The molecule has 0 aliphatic carbocycles. The standard InChI is InChI=1S/C21H13Cl2F3N2O4/c22-13-7-8-15(23)16(10-13)31-11-12-4-3-5-14(18(12)32-20(30)21(24,25)26)19(29)28-17-6-1-2-9-27-17/h1-10H,11H2,(H,27,28,29). The van der Waals surface area contributed by atoms with Crippen LogP contribution in [0.4, 0.5) is 19.0 Å². The second-order valence-corrected chi connectivity index (χ2v) is 7.06. The van der Waals surface area contributed by atoms with Crippen molar-refractivity contribution < 1.29 is 32.2 Å². The zero-order valence-electron chi connectivity index (χ0n) is 16.0. The van der Waals surface area contributed by atoms with Gasteiger partial charge < -0.3 is 14.8 Å². The van der Waals surface area contributed by atoms with Gasteiger partial charge in [-0.15, -0.1) is 0 Å². The number of esters is 1. The maximum absolute atomic E-state index is 12.8. The molecule has 0 radical (unpaired) electrons. The van der Waals surface area contributed by atoms with Crippen molar-refractivity contribution in [1.82, 2.24) is 4.98 Å². The van der Waals surface area contributed by atoms with Gasteiger partial charge in [-0.3, -0.25) is 4.79 Å². The molecule has 1 N–H and O–H groups in total. The van der Waals surface area contributed by atoms with E-state index in [9.17, 15) is 22.8 Å². The van der Waals surface area contributed by atoms with Crippen molar-refractivity contribution in [3.63, 3.8) is 0 Å². The number of pyridine rings is 1. The van der Waals surface area contributed by atoms with Crippen molar-refractivity contribution in [1.29, 1.82) is 0 Å². The van der Waals surface area contributed by atoms with E-state index in [1.165, 1.54) is 48.7 Å². The third-order valence-corrected chi connectivity index (χ3v) is 4.50. The quantitative estimate of drug-likeness (QED) is 0.359. The molecule has 0 fully saturated rings. The normalized spacial score (nSPS) is 11.0. The lowest BCUT2D eigenvalue weighted by atomic mass is 10.1. The summed E-state index contributed by atoms with van der Waals surface area (Å²) in [6.07, 6.45) is -3.86. The van der Waals surface area contributed by atoms with E-state index in [2.05, 4.69) is 15.0 Å². The van der Waals surface area contributed by atoms with Crippen LogP contribution < -0.4 is 14.8 Å². The van der Waals surface area contributed by atoms with Crippen LogP contribution in [-0.2, 0) is 11.4 Å². The number of ether oxygens (including phenoxy) is 2. The Bertz CT molecular complexity index is 1140. The molecule has 32 heavy (non-hydrogen) atoms. The van der Waals surface area contributed by atoms with Gasteiger partial charge in [-0.05, 0) is 30.3 Å². The Balaban J connectivity index is 1.94. The number of benzene rings is 2. The van der Waals surface area contributed by atoms with Crippen LogP contribution in [0, 0.1) is 0 Å². The van der Waals surface area contributed by atoms with Gasteiger partial charge in [0.05, 0.1) is 10.6 Å². The van der Waals surface area contributed by atoms with Crippen LogP contribution in [0.15, 0.2) is 60.8 Å². The van der Waals surface area contributed by atoms with Crippen molar-refractivity contribution in [2.24, 2.45) is 0 Å². The van der Waals surface area contributed by atoms with Gasteiger partial charge in [0.15, 0.2) is 5.75 Å². The fourth-order valence-corrected chi connectivity index (χ4v) is 2.85. The first-order valence-corrected chi connectivity index (χ1v) is 9.62. The molecule has 0 saturated heterocycles. The highest BCUT2D eigenvalue weighted by Gasteiger charge is 2.42. The number of nitrogens with zero attached hydrogens (tertiary/aromatic N) is 1. The van der Waals surface area contributed by atoms with Gasteiger partial charge in [-0.2, -0.15) is 13.2 Å². The van der Waals surface area contributed by atoms with E-state index < -0.39 is 23.8 Å². The topological polar surface area (TPSA) is 77.5 Å². The zero-order chi connectivity index (χ0) is 23.3. The number of aromatic nitrogens is 1. The third kappa shape index (κ3) is 5.89. The van der Waals surface area contributed by atoms with Crippen molar-refractivity contribution in [3.05, 3.63) is 82.0 Å². The predicted octanol–water partition coefficient (Wildman–Crippen LogP) is 5.69. The van der Waals surface area contributed by atoms with Crippen LogP contribution in [0.1, 0.15) is 15.9 Å². The Labute approximate surface area is 189 Å². The molecule has 1 aromatic heterocycles. The van der Waals surface area contributed by atoms with E-state index in [1.54, 1.807) is 12.1 Å². The number of halogens is 5. The van der Waals surface area contributed by atoms with Crippen LogP contribution in [-0.4, -0.2) is 23.0 Å².